The molecule has 0 saturated heterocycles. The first-order valence-electron chi connectivity index (χ1n) is 11.2. The van der Waals surface area contributed by atoms with E-state index in [1.54, 1.807) is 13.8 Å². The van der Waals surface area contributed by atoms with E-state index in [1.165, 1.54) is 64.2 Å². The summed E-state index contributed by atoms with van der Waals surface area (Å²) in [7, 11) is 0. The van der Waals surface area contributed by atoms with E-state index in [2.05, 4.69) is 6.92 Å². The molecule has 0 aliphatic heterocycles. The maximum Gasteiger partial charge on any atom is 0.138 e. The summed E-state index contributed by atoms with van der Waals surface area (Å²) in [4.78, 5) is 0. The quantitative estimate of drug-likeness (QED) is 0.157. The number of unbranched alkanes of at least 4 members (excludes halogenated alkanes) is 11. The third-order valence-electron chi connectivity index (χ3n) is 5.03. The van der Waals surface area contributed by atoms with Crippen LogP contribution in [0.2, 0.25) is 0 Å². The fourth-order valence-electron chi connectivity index (χ4n) is 3.26. The summed E-state index contributed by atoms with van der Waals surface area (Å²) < 4.78 is 5.53. The Morgan fingerprint density at radius 1 is 0.667 bits per heavy atom. The Bertz CT molecular complexity index is 298. The van der Waals surface area contributed by atoms with Crippen molar-refractivity contribution < 1.29 is 20.3 Å². The van der Waals surface area contributed by atoms with Crippen molar-refractivity contribution in [3.8, 4) is 0 Å². The highest BCUT2D eigenvalue weighted by Gasteiger charge is 2.29. The monoisotopic (exact) mass is 390 g/mol. The first kappa shape index (κ1) is 26.8. The van der Waals surface area contributed by atoms with Crippen molar-refractivity contribution in [2.75, 3.05) is 26.3 Å². The highest BCUT2D eigenvalue weighted by molar-refractivity contribution is 4.70. The van der Waals surface area contributed by atoms with Crippen LogP contribution >= 0.6 is 0 Å². The van der Waals surface area contributed by atoms with Crippen LogP contribution in [0.25, 0.3) is 0 Å². The van der Waals surface area contributed by atoms with E-state index in [-0.39, 0.29) is 6.61 Å². The molecule has 0 aromatic heterocycles. The van der Waals surface area contributed by atoms with Crippen molar-refractivity contribution in [2.24, 2.45) is 0 Å². The summed E-state index contributed by atoms with van der Waals surface area (Å²) in [6, 6.07) is 0. The minimum atomic E-state index is -0.961. The summed E-state index contributed by atoms with van der Waals surface area (Å²) in [5.41, 5.74) is 0. The number of rotatable bonds is 20. The molecular weight excluding hydrogens is 344 g/mol. The number of hydroxylamine groups is 4. The first-order chi connectivity index (χ1) is 13.1. The average Bonchev–Trinajstić information content (AvgIpc) is 2.67. The van der Waals surface area contributed by atoms with E-state index in [0.29, 0.717) is 19.7 Å². The molecule has 1 unspecified atom stereocenters. The van der Waals surface area contributed by atoms with Crippen LogP contribution in [0, 0.1) is 0 Å². The van der Waals surface area contributed by atoms with Gasteiger partial charge in [-0.25, -0.2) is 0 Å². The molecule has 0 heterocycles. The lowest BCUT2D eigenvalue weighted by Gasteiger charge is -2.34. The highest BCUT2D eigenvalue weighted by atomic mass is 16.6. The van der Waals surface area contributed by atoms with Gasteiger partial charge in [0, 0.05) is 19.7 Å². The van der Waals surface area contributed by atoms with Gasteiger partial charge >= 0.3 is 0 Å². The molecule has 0 spiro atoms. The van der Waals surface area contributed by atoms with Gasteiger partial charge in [0.15, 0.2) is 0 Å². The molecule has 0 aliphatic rings. The van der Waals surface area contributed by atoms with Gasteiger partial charge in [0.2, 0.25) is 0 Å². The number of hydrogen-bond acceptors (Lipinski definition) is 6. The molecule has 0 rings (SSSR count). The van der Waals surface area contributed by atoms with E-state index >= 15 is 0 Å². The van der Waals surface area contributed by atoms with Gasteiger partial charge < -0.3 is 20.3 Å². The number of hydrogen-bond donors (Lipinski definition) is 3. The molecule has 0 amide bonds. The molecule has 0 radical (unpaired) electrons. The largest absolute Gasteiger partial charge is 0.387 e. The lowest BCUT2D eigenvalue weighted by atomic mass is 10.1. The fraction of sp³-hybridized carbons (Fsp3) is 1.00. The summed E-state index contributed by atoms with van der Waals surface area (Å²) >= 11 is 0. The van der Waals surface area contributed by atoms with Crippen LogP contribution in [-0.4, -0.2) is 64.2 Å². The van der Waals surface area contributed by atoms with Gasteiger partial charge in [0.25, 0.3) is 0 Å². The molecule has 0 bridgehead atoms. The van der Waals surface area contributed by atoms with Gasteiger partial charge in [-0.2, -0.15) is 10.1 Å². The topological polar surface area (TPSA) is 76.4 Å². The minimum Gasteiger partial charge on any atom is -0.387 e. The maximum absolute atomic E-state index is 10.2. The van der Waals surface area contributed by atoms with Crippen LogP contribution in [0.5, 0.6) is 0 Å². The Kier molecular flexibility index (Phi) is 18.9. The zero-order valence-corrected chi connectivity index (χ0v) is 18.1. The molecule has 0 aromatic carbocycles. The zero-order chi connectivity index (χ0) is 20.3. The molecular formula is C21H46N2O4. The van der Waals surface area contributed by atoms with Crippen molar-refractivity contribution >= 4 is 0 Å². The predicted molar refractivity (Wildman–Crippen MR) is 110 cm³/mol. The summed E-state index contributed by atoms with van der Waals surface area (Å²) in [5.74, 6) is 0. The first-order valence-corrected chi connectivity index (χ1v) is 11.2. The van der Waals surface area contributed by atoms with Crippen LogP contribution in [0.1, 0.15) is 97.8 Å². The van der Waals surface area contributed by atoms with E-state index in [0.717, 1.165) is 23.0 Å². The summed E-state index contributed by atoms with van der Waals surface area (Å²) in [6.45, 7) is 7.13. The highest BCUT2D eigenvalue weighted by Crippen LogP contribution is 2.12. The molecule has 6 heteroatoms. The van der Waals surface area contributed by atoms with Crippen molar-refractivity contribution in [1.29, 1.82) is 0 Å². The minimum absolute atomic E-state index is 0.108. The lowest BCUT2D eigenvalue weighted by Crippen LogP contribution is -2.54. The van der Waals surface area contributed by atoms with E-state index in [4.69, 9.17) is 4.74 Å². The fourth-order valence-corrected chi connectivity index (χ4v) is 3.26. The van der Waals surface area contributed by atoms with Gasteiger partial charge in [-0.1, -0.05) is 91.4 Å². The lowest BCUT2D eigenvalue weighted by molar-refractivity contribution is -0.278. The number of nitrogens with zero attached hydrogens (tertiary/aromatic N) is 2. The molecule has 6 nitrogen and oxygen atoms in total. The third-order valence-corrected chi connectivity index (χ3v) is 5.03. The molecule has 0 aliphatic carbocycles. The Balaban J connectivity index is 3.54. The van der Waals surface area contributed by atoms with Crippen LogP contribution in [-0.2, 0) is 4.74 Å². The van der Waals surface area contributed by atoms with Crippen LogP contribution in [0.4, 0.5) is 0 Å². The SMILES string of the molecule is CCCCCCCCCCCCCCOCC(O)C(N(O)CC)N(O)CC. The third kappa shape index (κ3) is 14.4. The Morgan fingerprint density at radius 3 is 1.48 bits per heavy atom. The maximum atomic E-state index is 10.2. The Hall–Kier alpha value is -0.240. The standard InChI is InChI=1S/C21H46N2O4/c1-4-7-8-9-10-11-12-13-14-15-16-17-18-27-19-20(24)21(22(25)5-2)23(26)6-3/h20-21,24-26H,4-19H2,1-3H3. The van der Waals surface area contributed by atoms with E-state index in [1.807, 2.05) is 0 Å². The van der Waals surface area contributed by atoms with Crippen LogP contribution in [0.15, 0.2) is 0 Å². The zero-order valence-electron chi connectivity index (χ0n) is 18.1. The van der Waals surface area contributed by atoms with Crippen LogP contribution < -0.4 is 0 Å². The molecule has 27 heavy (non-hydrogen) atoms. The molecule has 0 fully saturated rings. The van der Waals surface area contributed by atoms with Gasteiger partial charge in [0.05, 0.1) is 6.61 Å². The average molecular weight is 391 g/mol. The predicted octanol–water partition coefficient (Wildman–Crippen LogP) is 4.81. The number of aliphatic hydroxyl groups is 1. The molecule has 3 N–H and O–H groups in total. The Morgan fingerprint density at radius 2 is 1.07 bits per heavy atom. The van der Waals surface area contributed by atoms with E-state index < -0.39 is 12.3 Å². The Labute approximate surface area is 167 Å². The number of ether oxygens (including phenoxy) is 1. The molecule has 0 aromatic rings. The van der Waals surface area contributed by atoms with Crippen molar-refractivity contribution in [3.63, 3.8) is 0 Å². The van der Waals surface area contributed by atoms with Crippen LogP contribution in [0.3, 0.4) is 0 Å². The molecule has 0 saturated carbocycles. The second-order valence-electron chi connectivity index (χ2n) is 7.46. The normalized spacial score (nSPS) is 13.2. The number of aliphatic hydroxyl groups excluding tert-OH is 1. The van der Waals surface area contributed by atoms with E-state index in [9.17, 15) is 15.5 Å². The van der Waals surface area contributed by atoms with Gasteiger partial charge in [-0.05, 0) is 6.42 Å². The second kappa shape index (κ2) is 19.1. The van der Waals surface area contributed by atoms with Crippen molar-refractivity contribution in [1.82, 2.24) is 10.1 Å². The summed E-state index contributed by atoms with van der Waals surface area (Å²) in [5, 5.41) is 31.7. The second-order valence-corrected chi connectivity index (χ2v) is 7.46. The smallest absolute Gasteiger partial charge is 0.138 e. The molecule has 164 valence electrons. The number of likely N-dealkylation sites (N-methyl/N-ethyl adjacent to an activating group) is 2. The van der Waals surface area contributed by atoms with Gasteiger partial charge in [-0.3, -0.25) is 0 Å². The van der Waals surface area contributed by atoms with Gasteiger partial charge in [-0.15, -0.1) is 0 Å². The van der Waals surface area contributed by atoms with Crippen molar-refractivity contribution in [2.45, 2.75) is 110 Å². The molecule has 1 atom stereocenters. The van der Waals surface area contributed by atoms with Crippen molar-refractivity contribution in [3.05, 3.63) is 0 Å². The van der Waals surface area contributed by atoms with Gasteiger partial charge in [0.1, 0.15) is 12.3 Å². The summed E-state index contributed by atoms with van der Waals surface area (Å²) in [6.07, 6.45) is 13.8.